The highest BCUT2D eigenvalue weighted by Crippen LogP contribution is 2.32. The van der Waals surface area contributed by atoms with Crippen LogP contribution in [0, 0.1) is 5.82 Å². The SMILES string of the molecule is O=C(CCn1cncn1)N1CCOC2(CCN(Cc3cc(F)cc(CCNCC(O)c4ccc(O)c5[nH]c(=O)sc45)c3)CC2)C1. The Labute approximate surface area is 263 Å². The number of morpholine rings is 1. The van der Waals surface area contributed by atoms with Crippen molar-refractivity contribution in [1.82, 2.24) is 34.9 Å². The van der Waals surface area contributed by atoms with E-state index in [2.05, 4.69) is 25.3 Å². The zero-order chi connectivity index (χ0) is 31.4. The number of piperidine rings is 1. The first-order chi connectivity index (χ1) is 21.8. The minimum Gasteiger partial charge on any atom is -0.506 e. The lowest BCUT2D eigenvalue weighted by Gasteiger charge is -2.47. The summed E-state index contributed by atoms with van der Waals surface area (Å²) in [6, 6.07) is 8.22. The number of halogens is 1. The van der Waals surface area contributed by atoms with E-state index in [0.29, 0.717) is 68.0 Å². The predicted octanol–water partition coefficient (Wildman–Crippen LogP) is 2.18. The number of hydrogen-bond donors (Lipinski definition) is 4. The molecule has 2 aromatic heterocycles. The van der Waals surface area contributed by atoms with Gasteiger partial charge in [0.05, 0.1) is 29.6 Å². The third-order valence-electron chi connectivity index (χ3n) is 8.69. The molecule has 1 atom stereocenters. The number of carbonyl (C=O) groups is 1. The normalized spacial score (nSPS) is 17.7. The smallest absolute Gasteiger partial charge is 0.305 e. The van der Waals surface area contributed by atoms with Gasteiger partial charge >= 0.3 is 4.87 Å². The van der Waals surface area contributed by atoms with Gasteiger partial charge in [0.15, 0.2) is 0 Å². The zero-order valence-electron chi connectivity index (χ0n) is 25.0. The zero-order valence-corrected chi connectivity index (χ0v) is 25.8. The number of aliphatic hydroxyl groups excluding tert-OH is 1. The van der Waals surface area contributed by atoms with E-state index in [9.17, 15) is 24.2 Å². The lowest BCUT2D eigenvalue weighted by atomic mass is 9.89. The third-order valence-corrected chi connectivity index (χ3v) is 9.62. The average Bonchev–Trinajstić information content (AvgIpc) is 3.69. The molecule has 2 saturated heterocycles. The Bertz CT molecular complexity index is 1670. The third kappa shape index (κ3) is 7.59. The maximum Gasteiger partial charge on any atom is 0.305 e. The van der Waals surface area contributed by atoms with Gasteiger partial charge in [-0.1, -0.05) is 23.5 Å². The monoisotopic (exact) mass is 639 g/mol. The van der Waals surface area contributed by atoms with Gasteiger partial charge in [-0.05, 0) is 55.1 Å². The van der Waals surface area contributed by atoms with Gasteiger partial charge in [0.25, 0.3) is 0 Å². The van der Waals surface area contributed by atoms with Crippen LogP contribution in [-0.4, -0.2) is 97.1 Å². The van der Waals surface area contributed by atoms with E-state index >= 15 is 0 Å². The predicted molar refractivity (Wildman–Crippen MR) is 166 cm³/mol. The number of phenolic OH excluding ortho intramolecular Hbond substituents is 1. The minimum atomic E-state index is -0.872. The highest BCUT2D eigenvalue weighted by Gasteiger charge is 2.40. The Hall–Kier alpha value is -3.69. The van der Waals surface area contributed by atoms with Crippen LogP contribution in [-0.2, 0) is 29.0 Å². The lowest BCUT2D eigenvalue weighted by Crippen LogP contribution is -2.58. The van der Waals surface area contributed by atoms with Crippen LogP contribution in [0.4, 0.5) is 4.39 Å². The van der Waals surface area contributed by atoms with E-state index in [4.69, 9.17) is 4.74 Å². The maximum atomic E-state index is 14.6. The van der Waals surface area contributed by atoms with Gasteiger partial charge in [-0.3, -0.25) is 19.2 Å². The number of ether oxygens (including phenoxy) is 1. The van der Waals surface area contributed by atoms with E-state index in [1.807, 2.05) is 11.0 Å². The molecule has 14 heteroatoms. The molecule has 2 aliphatic heterocycles. The number of rotatable bonds is 11. The first kappa shape index (κ1) is 31.3. The van der Waals surface area contributed by atoms with Crippen molar-refractivity contribution in [3.8, 4) is 5.75 Å². The number of aryl methyl sites for hydroxylation is 1. The first-order valence-electron chi connectivity index (χ1n) is 15.3. The fourth-order valence-corrected chi connectivity index (χ4v) is 7.21. The molecular formula is C31H38FN7O5S. The first-order valence-corrected chi connectivity index (χ1v) is 16.1. The number of thiazole rings is 1. The Morgan fingerprint density at radius 3 is 2.82 bits per heavy atom. The highest BCUT2D eigenvalue weighted by atomic mass is 32.1. The summed E-state index contributed by atoms with van der Waals surface area (Å²) in [5.41, 5.74) is 2.33. The number of aliphatic hydroxyl groups is 1. The molecule has 45 heavy (non-hydrogen) atoms. The van der Waals surface area contributed by atoms with E-state index in [-0.39, 0.29) is 34.5 Å². The maximum absolute atomic E-state index is 14.6. The molecule has 1 spiro atoms. The van der Waals surface area contributed by atoms with E-state index < -0.39 is 6.10 Å². The number of aromatic amines is 1. The number of benzene rings is 2. The van der Waals surface area contributed by atoms with Crippen molar-refractivity contribution in [2.24, 2.45) is 0 Å². The Kier molecular flexibility index (Phi) is 9.56. The molecule has 0 aliphatic carbocycles. The molecule has 4 N–H and O–H groups in total. The van der Waals surface area contributed by atoms with Crippen LogP contribution in [0.1, 0.15) is 42.1 Å². The Morgan fingerprint density at radius 2 is 2.02 bits per heavy atom. The van der Waals surface area contributed by atoms with Crippen LogP contribution in [0.3, 0.4) is 0 Å². The summed E-state index contributed by atoms with van der Waals surface area (Å²) in [4.78, 5) is 35.1. The molecule has 2 aliphatic rings. The number of H-pyrrole nitrogens is 1. The molecule has 2 fully saturated rings. The summed E-state index contributed by atoms with van der Waals surface area (Å²) in [6.07, 6.45) is 4.78. The van der Waals surface area contributed by atoms with Gasteiger partial charge in [-0.25, -0.2) is 9.37 Å². The number of aromatic nitrogens is 4. The van der Waals surface area contributed by atoms with Crippen LogP contribution < -0.4 is 10.2 Å². The molecule has 12 nitrogen and oxygen atoms in total. The second-order valence-corrected chi connectivity index (χ2v) is 12.8. The molecule has 1 amide bonds. The number of fused-ring (bicyclic) bond motifs is 1. The standard InChI is InChI=1S/C31H38FN7O5S/c32-23-14-21(3-7-33-16-26(41)24-1-2-25(40)28-29(24)45-30(43)36-28)13-22(15-23)17-37-9-5-31(6-10-37)18-38(11-12-44-31)27(42)4-8-39-20-34-19-35-39/h1-2,13-15,19-20,26,33,40-41H,3-12,16-18H2,(H,36,43). The van der Waals surface area contributed by atoms with Crippen LogP contribution >= 0.6 is 11.3 Å². The van der Waals surface area contributed by atoms with Crippen molar-refractivity contribution < 1.29 is 24.1 Å². The van der Waals surface area contributed by atoms with Crippen molar-refractivity contribution in [2.75, 3.05) is 45.9 Å². The van der Waals surface area contributed by atoms with Gasteiger partial charge in [-0.15, -0.1) is 0 Å². The Morgan fingerprint density at radius 1 is 1.20 bits per heavy atom. The average molecular weight is 640 g/mol. The quantitative estimate of drug-likeness (QED) is 0.181. The minimum absolute atomic E-state index is 0.0323. The fraction of sp³-hybridized carbons (Fsp3) is 0.484. The van der Waals surface area contributed by atoms with Gasteiger partial charge in [-0.2, -0.15) is 5.10 Å². The summed E-state index contributed by atoms with van der Waals surface area (Å²) < 4.78 is 23.0. The number of hydrogen-bond acceptors (Lipinski definition) is 10. The molecule has 1 unspecified atom stereocenters. The highest BCUT2D eigenvalue weighted by molar-refractivity contribution is 7.16. The Balaban J connectivity index is 0.968. The molecule has 2 aromatic carbocycles. The summed E-state index contributed by atoms with van der Waals surface area (Å²) in [5, 5.41) is 28.0. The van der Waals surface area contributed by atoms with Crippen LogP contribution in [0.5, 0.6) is 5.75 Å². The van der Waals surface area contributed by atoms with E-state index in [0.717, 1.165) is 48.4 Å². The number of likely N-dealkylation sites (tertiary alicyclic amines) is 1. The van der Waals surface area contributed by atoms with Crippen LogP contribution in [0.2, 0.25) is 0 Å². The molecule has 4 aromatic rings. The number of nitrogens with one attached hydrogen (secondary N) is 2. The largest absolute Gasteiger partial charge is 0.506 e. The summed E-state index contributed by atoms with van der Waals surface area (Å²) in [5.74, 6) is -0.209. The summed E-state index contributed by atoms with van der Waals surface area (Å²) in [7, 11) is 0. The van der Waals surface area contributed by atoms with Crippen LogP contribution in [0.15, 0.2) is 47.8 Å². The van der Waals surface area contributed by atoms with Crippen LogP contribution in [0.25, 0.3) is 10.2 Å². The number of phenols is 1. The molecule has 0 bridgehead atoms. The molecule has 0 radical (unpaired) electrons. The number of aromatic hydroxyl groups is 1. The van der Waals surface area contributed by atoms with Gasteiger partial charge < -0.3 is 30.2 Å². The summed E-state index contributed by atoms with van der Waals surface area (Å²) >= 11 is 0.952. The van der Waals surface area contributed by atoms with Crippen molar-refractivity contribution in [3.05, 3.63) is 75.2 Å². The van der Waals surface area contributed by atoms with Crippen molar-refractivity contribution >= 4 is 27.5 Å². The van der Waals surface area contributed by atoms with Crippen molar-refractivity contribution in [2.45, 2.75) is 50.5 Å². The van der Waals surface area contributed by atoms with Gasteiger partial charge in [0.2, 0.25) is 5.91 Å². The number of nitrogens with zero attached hydrogens (tertiary/aromatic N) is 5. The summed E-state index contributed by atoms with van der Waals surface area (Å²) in [6.45, 7) is 5.22. The van der Waals surface area contributed by atoms with Gasteiger partial charge in [0.1, 0.15) is 29.7 Å². The van der Waals surface area contributed by atoms with Crippen molar-refractivity contribution in [1.29, 1.82) is 0 Å². The molecule has 0 saturated carbocycles. The second kappa shape index (κ2) is 13.7. The topological polar surface area (TPSA) is 149 Å². The van der Waals surface area contributed by atoms with Crippen molar-refractivity contribution in [3.63, 3.8) is 0 Å². The molecular weight excluding hydrogens is 601 g/mol. The number of amides is 1. The van der Waals surface area contributed by atoms with E-state index in [1.165, 1.54) is 18.5 Å². The van der Waals surface area contributed by atoms with Gasteiger partial charge in [0, 0.05) is 51.3 Å². The molecule has 240 valence electrons. The number of carbonyl (C=O) groups excluding carboxylic acids is 1. The molecule has 4 heterocycles. The van der Waals surface area contributed by atoms with E-state index in [1.54, 1.807) is 23.1 Å². The second-order valence-electron chi connectivity index (χ2n) is 11.9. The molecule has 6 rings (SSSR count). The fourth-order valence-electron chi connectivity index (χ4n) is 6.29. The lowest BCUT2D eigenvalue weighted by molar-refractivity contribution is -0.160.